The Labute approximate surface area is 172 Å². The molecule has 0 saturated heterocycles. The topological polar surface area (TPSA) is 40.5 Å². The molecule has 0 aromatic heterocycles. The largest absolute Gasteiger partial charge is 0.508 e. The van der Waals surface area contributed by atoms with Crippen molar-refractivity contribution in [3.05, 3.63) is 41.5 Å². The van der Waals surface area contributed by atoms with Crippen LogP contribution in [0.4, 0.5) is 0 Å². The van der Waals surface area contributed by atoms with Crippen LogP contribution in [0.5, 0.6) is 5.75 Å². The Morgan fingerprint density at radius 2 is 1.89 bits per heavy atom. The Hall–Kier alpha value is -1.28. The van der Waals surface area contributed by atoms with Gasteiger partial charge in [0.05, 0.1) is 6.10 Å². The van der Waals surface area contributed by atoms with Gasteiger partial charge in [0.25, 0.3) is 0 Å². The minimum absolute atomic E-state index is 0.170. The monoisotopic (exact) mass is 384 g/mol. The molecule has 2 aliphatic rings. The molecule has 6 atom stereocenters. The van der Waals surface area contributed by atoms with Crippen LogP contribution in [0, 0.1) is 41.9 Å². The van der Waals surface area contributed by atoms with Crippen LogP contribution in [0.3, 0.4) is 0 Å². The van der Waals surface area contributed by atoms with Crippen LogP contribution in [-0.4, -0.2) is 16.3 Å². The van der Waals surface area contributed by atoms with Gasteiger partial charge in [-0.2, -0.15) is 0 Å². The number of hydrogen-bond donors (Lipinski definition) is 2. The van der Waals surface area contributed by atoms with E-state index in [1.165, 1.54) is 24.0 Å². The lowest BCUT2D eigenvalue weighted by Gasteiger charge is -2.48. The van der Waals surface area contributed by atoms with E-state index in [1.54, 1.807) is 6.07 Å². The SMILES string of the molecule is Cc1ccc(O)cc1CC[C@@H]1[C@H](O)CC[C@]2(C)[C@@H]([C@@H](C)/C=C/C(C)C)CC[C@@H]12. The quantitative estimate of drug-likeness (QED) is 0.566. The molecule has 0 unspecified atom stereocenters. The molecule has 156 valence electrons. The first kappa shape index (κ1) is 21.4. The highest BCUT2D eigenvalue weighted by atomic mass is 16.3. The predicted molar refractivity (Wildman–Crippen MR) is 117 cm³/mol. The number of rotatable bonds is 6. The molecule has 2 heteroatoms. The van der Waals surface area contributed by atoms with Crippen LogP contribution in [-0.2, 0) is 6.42 Å². The molecule has 2 aliphatic carbocycles. The molecular formula is C26H40O2. The van der Waals surface area contributed by atoms with Crippen molar-refractivity contribution in [3.8, 4) is 5.75 Å². The summed E-state index contributed by atoms with van der Waals surface area (Å²) in [6.07, 6.45) is 11.2. The number of hydrogen-bond acceptors (Lipinski definition) is 2. The zero-order valence-corrected chi connectivity index (χ0v) is 18.5. The maximum absolute atomic E-state index is 10.9. The third-order valence-corrected chi connectivity index (χ3v) is 7.99. The molecule has 0 spiro atoms. The molecule has 2 nitrogen and oxygen atoms in total. The van der Waals surface area contributed by atoms with E-state index < -0.39 is 0 Å². The molecule has 28 heavy (non-hydrogen) atoms. The number of aryl methyl sites for hydroxylation is 2. The van der Waals surface area contributed by atoms with Crippen molar-refractivity contribution in [2.45, 2.75) is 79.2 Å². The van der Waals surface area contributed by atoms with Crippen LogP contribution in [0.1, 0.15) is 70.9 Å². The first-order chi connectivity index (χ1) is 13.2. The summed E-state index contributed by atoms with van der Waals surface area (Å²) in [5.74, 6) is 3.30. The second-order valence-electron chi connectivity index (χ2n) is 10.2. The summed E-state index contributed by atoms with van der Waals surface area (Å²) in [4.78, 5) is 0. The van der Waals surface area contributed by atoms with Crippen molar-refractivity contribution in [1.82, 2.24) is 0 Å². The summed E-state index contributed by atoms with van der Waals surface area (Å²) in [6.45, 7) is 11.5. The van der Waals surface area contributed by atoms with E-state index in [4.69, 9.17) is 0 Å². The molecule has 3 rings (SSSR count). The van der Waals surface area contributed by atoms with Gasteiger partial charge >= 0.3 is 0 Å². The lowest BCUT2D eigenvalue weighted by molar-refractivity contribution is -0.0493. The number of aliphatic hydroxyl groups is 1. The standard InChI is InChI=1S/C26H40O2/c1-17(2)6-7-19(4)23-12-13-24-22(25(28)14-15-26(23,24)5)11-9-20-16-21(27)10-8-18(20)3/h6-8,10,16-17,19,22-25,27-28H,9,11-15H2,1-5H3/b7-6+/t19-,22-,23+,24-,25+,26+/m0/s1. The summed E-state index contributed by atoms with van der Waals surface area (Å²) < 4.78 is 0. The highest BCUT2D eigenvalue weighted by Gasteiger charge is 2.54. The molecule has 0 radical (unpaired) electrons. The van der Waals surface area contributed by atoms with Gasteiger partial charge in [-0.1, -0.05) is 45.9 Å². The minimum Gasteiger partial charge on any atom is -0.508 e. The van der Waals surface area contributed by atoms with Crippen molar-refractivity contribution in [2.24, 2.45) is 35.0 Å². The molecule has 0 heterocycles. The van der Waals surface area contributed by atoms with Gasteiger partial charge in [-0.05, 0) is 104 Å². The van der Waals surface area contributed by atoms with Crippen molar-refractivity contribution < 1.29 is 10.2 Å². The fourth-order valence-corrected chi connectivity index (χ4v) is 6.35. The lowest BCUT2D eigenvalue weighted by atomic mass is 9.58. The first-order valence-corrected chi connectivity index (χ1v) is 11.4. The van der Waals surface area contributed by atoms with Gasteiger partial charge in [-0.15, -0.1) is 0 Å². The number of phenolic OH excluding ortho intramolecular Hbond substituents is 1. The van der Waals surface area contributed by atoms with Crippen molar-refractivity contribution in [2.75, 3.05) is 0 Å². The van der Waals surface area contributed by atoms with Crippen LogP contribution in [0.15, 0.2) is 30.4 Å². The van der Waals surface area contributed by atoms with Gasteiger partial charge < -0.3 is 10.2 Å². The molecule has 0 aliphatic heterocycles. The van der Waals surface area contributed by atoms with E-state index in [0.717, 1.165) is 31.6 Å². The number of phenols is 1. The molecule has 2 saturated carbocycles. The molecule has 2 fully saturated rings. The molecule has 2 N–H and O–H groups in total. The average molecular weight is 385 g/mol. The summed E-state index contributed by atoms with van der Waals surface area (Å²) in [7, 11) is 0. The molecular weight excluding hydrogens is 344 g/mol. The highest BCUT2D eigenvalue weighted by Crippen LogP contribution is 2.60. The van der Waals surface area contributed by atoms with Gasteiger partial charge in [0.2, 0.25) is 0 Å². The minimum atomic E-state index is -0.170. The predicted octanol–water partition coefficient (Wildman–Crippen LogP) is 6.28. The van der Waals surface area contributed by atoms with Crippen LogP contribution >= 0.6 is 0 Å². The number of benzene rings is 1. The third-order valence-electron chi connectivity index (χ3n) is 7.99. The Kier molecular flexibility index (Phi) is 6.59. The second kappa shape index (κ2) is 8.61. The molecule has 1 aromatic rings. The van der Waals surface area contributed by atoms with E-state index in [-0.39, 0.29) is 6.10 Å². The molecule has 0 bridgehead atoms. The van der Waals surface area contributed by atoms with Crippen LogP contribution < -0.4 is 0 Å². The smallest absolute Gasteiger partial charge is 0.115 e. The number of fused-ring (bicyclic) bond motifs is 1. The average Bonchev–Trinajstić information content (AvgIpc) is 2.99. The molecule has 1 aromatic carbocycles. The lowest BCUT2D eigenvalue weighted by Crippen LogP contribution is -2.45. The first-order valence-electron chi connectivity index (χ1n) is 11.4. The Balaban J connectivity index is 1.74. The normalized spacial score (nSPS) is 34.1. The highest BCUT2D eigenvalue weighted by molar-refractivity contribution is 5.34. The van der Waals surface area contributed by atoms with Crippen LogP contribution in [0.25, 0.3) is 0 Å². The van der Waals surface area contributed by atoms with Crippen LogP contribution in [0.2, 0.25) is 0 Å². The third kappa shape index (κ3) is 4.32. The van der Waals surface area contributed by atoms with E-state index in [2.05, 4.69) is 46.8 Å². The van der Waals surface area contributed by atoms with Crippen molar-refractivity contribution in [3.63, 3.8) is 0 Å². The van der Waals surface area contributed by atoms with Gasteiger partial charge in [0.15, 0.2) is 0 Å². The van der Waals surface area contributed by atoms with Gasteiger partial charge in [-0.3, -0.25) is 0 Å². The summed E-state index contributed by atoms with van der Waals surface area (Å²) in [6, 6.07) is 5.67. The maximum Gasteiger partial charge on any atom is 0.115 e. The van der Waals surface area contributed by atoms with Crippen molar-refractivity contribution in [1.29, 1.82) is 0 Å². The number of aliphatic hydroxyl groups excluding tert-OH is 1. The van der Waals surface area contributed by atoms with Gasteiger partial charge in [-0.25, -0.2) is 0 Å². The van der Waals surface area contributed by atoms with Crippen molar-refractivity contribution >= 4 is 0 Å². The fraction of sp³-hybridized carbons (Fsp3) is 0.692. The second-order valence-corrected chi connectivity index (χ2v) is 10.2. The van der Waals surface area contributed by atoms with Gasteiger partial charge in [0, 0.05) is 0 Å². The van der Waals surface area contributed by atoms with E-state index in [1.807, 2.05) is 12.1 Å². The zero-order valence-electron chi connectivity index (χ0n) is 18.5. The Morgan fingerprint density at radius 3 is 2.61 bits per heavy atom. The number of aromatic hydroxyl groups is 1. The Morgan fingerprint density at radius 1 is 1.14 bits per heavy atom. The molecule has 0 amide bonds. The van der Waals surface area contributed by atoms with E-state index >= 15 is 0 Å². The number of allylic oxidation sites excluding steroid dienone is 2. The van der Waals surface area contributed by atoms with E-state index in [9.17, 15) is 10.2 Å². The van der Waals surface area contributed by atoms with Gasteiger partial charge in [0.1, 0.15) is 5.75 Å². The van der Waals surface area contributed by atoms with E-state index in [0.29, 0.717) is 34.8 Å². The summed E-state index contributed by atoms with van der Waals surface area (Å²) >= 11 is 0. The Bertz CT molecular complexity index is 692. The summed E-state index contributed by atoms with van der Waals surface area (Å²) in [5.41, 5.74) is 2.81. The zero-order chi connectivity index (χ0) is 20.5. The fourth-order valence-electron chi connectivity index (χ4n) is 6.35. The maximum atomic E-state index is 10.9. The summed E-state index contributed by atoms with van der Waals surface area (Å²) in [5, 5.41) is 20.7.